The van der Waals surface area contributed by atoms with Crippen molar-refractivity contribution in [1.82, 2.24) is 4.90 Å². The van der Waals surface area contributed by atoms with Crippen LogP contribution in [0.25, 0.3) is 0 Å². The van der Waals surface area contributed by atoms with E-state index in [9.17, 15) is 0 Å². The second-order valence-corrected chi connectivity index (χ2v) is 3.98. The molecule has 1 saturated heterocycles. The second kappa shape index (κ2) is 2.54. The first-order valence-electron chi connectivity index (χ1n) is 4.58. The fourth-order valence-corrected chi connectivity index (χ4v) is 1.95. The minimum absolute atomic E-state index is 1.04. The summed E-state index contributed by atoms with van der Waals surface area (Å²) in [5.74, 6) is 2.11. The van der Waals surface area contributed by atoms with Crippen LogP contribution in [0, 0.1) is 11.8 Å². The lowest BCUT2D eigenvalue weighted by molar-refractivity contribution is 0.318. The van der Waals surface area contributed by atoms with Crippen LogP contribution in [-0.4, -0.2) is 24.5 Å². The summed E-state index contributed by atoms with van der Waals surface area (Å²) in [6, 6.07) is 0. The Hall–Kier alpha value is -0.0400. The van der Waals surface area contributed by atoms with Gasteiger partial charge in [-0.05, 0) is 44.2 Å². The number of hydrogen-bond donors (Lipinski definition) is 0. The van der Waals surface area contributed by atoms with Gasteiger partial charge in [-0.3, -0.25) is 0 Å². The van der Waals surface area contributed by atoms with Gasteiger partial charge in [0, 0.05) is 6.54 Å². The molecule has 58 valence electrons. The summed E-state index contributed by atoms with van der Waals surface area (Å²) in [6.45, 7) is 6.54. The molecule has 0 aromatic rings. The van der Waals surface area contributed by atoms with Crippen LogP contribution in [0.2, 0.25) is 0 Å². The summed E-state index contributed by atoms with van der Waals surface area (Å²) in [5.41, 5.74) is 0. The molecule has 1 aliphatic heterocycles. The van der Waals surface area contributed by atoms with Gasteiger partial charge in [0.25, 0.3) is 0 Å². The van der Waals surface area contributed by atoms with E-state index in [1.165, 1.54) is 38.9 Å². The molecule has 1 aliphatic carbocycles. The zero-order chi connectivity index (χ0) is 6.97. The zero-order valence-corrected chi connectivity index (χ0v) is 6.84. The molecule has 2 unspecified atom stereocenters. The van der Waals surface area contributed by atoms with Crippen LogP contribution in [0.1, 0.15) is 26.2 Å². The van der Waals surface area contributed by atoms with E-state index in [0.717, 1.165) is 11.8 Å². The number of nitrogens with zero attached hydrogens (tertiary/aromatic N) is 1. The van der Waals surface area contributed by atoms with Crippen molar-refractivity contribution in [1.29, 1.82) is 0 Å². The van der Waals surface area contributed by atoms with Gasteiger partial charge in [-0.2, -0.15) is 0 Å². The second-order valence-electron chi connectivity index (χ2n) is 3.98. The summed E-state index contributed by atoms with van der Waals surface area (Å²) >= 11 is 0. The zero-order valence-electron chi connectivity index (χ0n) is 6.84. The third kappa shape index (κ3) is 1.34. The van der Waals surface area contributed by atoms with E-state index in [2.05, 4.69) is 11.8 Å². The summed E-state index contributed by atoms with van der Waals surface area (Å²) in [7, 11) is 0. The molecular formula is C9H17N. The molecule has 10 heavy (non-hydrogen) atoms. The van der Waals surface area contributed by atoms with E-state index >= 15 is 0 Å². The Morgan fingerprint density at radius 3 is 2.40 bits per heavy atom. The van der Waals surface area contributed by atoms with Crippen LogP contribution in [0.5, 0.6) is 0 Å². The van der Waals surface area contributed by atoms with Crippen molar-refractivity contribution in [3.05, 3.63) is 0 Å². The van der Waals surface area contributed by atoms with Crippen molar-refractivity contribution < 1.29 is 0 Å². The minimum Gasteiger partial charge on any atom is -0.303 e. The Bertz CT molecular complexity index is 116. The van der Waals surface area contributed by atoms with Crippen molar-refractivity contribution in [2.24, 2.45) is 11.8 Å². The van der Waals surface area contributed by atoms with Crippen LogP contribution >= 0.6 is 0 Å². The maximum Gasteiger partial charge on any atom is 0.00123 e. The van der Waals surface area contributed by atoms with Crippen LogP contribution in [0.3, 0.4) is 0 Å². The van der Waals surface area contributed by atoms with Gasteiger partial charge in [0.05, 0.1) is 0 Å². The highest BCUT2D eigenvalue weighted by Gasteiger charge is 2.34. The van der Waals surface area contributed by atoms with Gasteiger partial charge in [0.1, 0.15) is 0 Å². The van der Waals surface area contributed by atoms with E-state index in [-0.39, 0.29) is 0 Å². The molecule has 2 fully saturated rings. The average Bonchev–Trinajstić information content (AvgIpc) is 2.48. The van der Waals surface area contributed by atoms with E-state index in [4.69, 9.17) is 0 Å². The van der Waals surface area contributed by atoms with Gasteiger partial charge >= 0.3 is 0 Å². The molecule has 1 heterocycles. The van der Waals surface area contributed by atoms with Gasteiger partial charge in [0.15, 0.2) is 0 Å². The monoisotopic (exact) mass is 139 g/mol. The number of hydrogen-bond acceptors (Lipinski definition) is 1. The lowest BCUT2D eigenvalue weighted by Gasteiger charge is -2.13. The molecule has 0 bridgehead atoms. The summed E-state index contributed by atoms with van der Waals surface area (Å²) in [5, 5.41) is 0. The molecule has 0 aromatic heterocycles. The molecule has 1 heteroatoms. The Kier molecular flexibility index (Phi) is 1.69. The minimum atomic E-state index is 1.04. The van der Waals surface area contributed by atoms with E-state index in [0.29, 0.717) is 0 Å². The van der Waals surface area contributed by atoms with Crippen LogP contribution < -0.4 is 0 Å². The van der Waals surface area contributed by atoms with E-state index < -0.39 is 0 Å². The van der Waals surface area contributed by atoms with Crippen molar-refractivity contribution in [2.75, 3.05) is 19.6 Å². The van der Waals surface area contributed by atoms with Crippen LogP contribution in [0.15, 0.2) is 0 Å². The molecule has 0 N–H and O–H groups in total. The number of likely N-dealkylation sites (tertiary alicyclic amines) is 1. The number of rotatable bonds is 2. The third-order valence-electron chi connectivity index (χ3n) is 2.97. The molecule has 0 spiro atoms. The average molecular weight is 139 g/mol. The maximum atomic E-state index is 2.63. The van der Waals surface area contributed by atoms with Gasteiger partial charge in [-0.1, -0.05) is 6.92 Å². The lowest BCUT2D eigenvalue weighted by Crippen LogP contribution is -2.22. The smallest absolute Gasteiger partial charge is 0.00123 e. The highest BCUT2D eigenvalue weighted by Crippen LogP contribution is 2.38. The standard InChI is InChI=1S/C9H17N/c1-8-6-9(8)7-10-4-2-3-5-10/h8-9H,2-7H2,1H3. The molecule has 2 atom stereocenters. The summed E-state index contributed by atoms with van der Waals surface area (Å²) in [6.07, 6.45) is 4.39. The quantitative estimate of drug-likeness (QED) is 0.563. The maximum absolute atomic E-state index is 2.63. The van der Waals surface area contributed by atoms with Crippen LogP contribution in [0.4, 0.5) is 0 Å². The van der Waals surface area contributed by atoms with Gasteiger partial charge in [-0.15, -0.1) is 0 Å². The Labute approximate surface area is 63.4 Å². The normalized spacial score (nSPS) is 40.5. The van der Waals surface area contributed by atoms with Crippen LogP contribution in [-0.2, 0) is 0 Å². The highest BCUT2D eigenvalue weighted by molar-refractivity contribution is 4.85. The Morgan fingerprint density at radius 1 is 1.30 bits per heavy atom. The van der Waals surface area contributed by atoms with E-state index in [1.54, 1.807) is 0 Å². The largest absolute Gasteiger partial charge is 0.303 e. The molecular weight excluding hydrogens is 122 g/mol. The first kappa shape index (κ1) is 6.66. The molecule has 1 nitrogen and oxygen atoms in total. The molecule has 0 radical (unpaired) electrons. The van der Waals surface area contributed by atoms with Gasteiger partial charge in [0.2, 0.25) is 0 Å². The van der Waals surface area contributed by atoms with Gasteiger partial charge in [-0.25, -0.2) is 0 Å². The highest BCUT2D eigenvalue weighted by atomic mass is 15.1. The third-order valence-corrected chi connectivity index (χ3v) is 2.97. The van der Waals surface area contributed by atoms with Crippen molar-refractivity contribution in [3.8, 4) is 0 Å². The first-order chi connectivity index (χ1) is 4.86. The lowest BCUT2D eigenvalue weighted by atomic mass is 10.3. The summed E-state index contributed by atoms with van der Waals surface area (Å²) < 4.78 is 0. The van der Waals surface area contributed by atoms with Gasteiger partial charge < -0.3 is 4.90 Å². The van der Waals surface area contributed by atoms with E-state index in [1.807, 2.05) is 0 Å². The predicted octanol–water partition coefficient (Wildman–Crippen LogP) is 1.74. The fourth-order valence-electron chi connectivity index (χ4n) is 1.95. The molecule has 0 aromatic carbocycles. The summed E-state index contributed by atoms with van der Waals surface area (Å²) in [4.78, 5) is 2.63. The fraction of sp³-hybridized carbons (Fsp3) is 1.00. The van der Waals surface area contributed by atoms with Crippen molar-refractivity contribution >= 4 is 0 Å². The molecule has 2 rings (SSSR count). The predicted molar refractivity (Wildman–Crippen MR) is 42.9 cm³/mol. The van der Waals surface area contributed by atoms with Crippen molar-refractivity contribution in [3.63, 3.8) is 0 Å². The van der Waals surface area contributed by atoms with Crippen molar-refractivity contribution in [2.45, 2.75) is 26.2 Å². The first-order valence-corrected chi connectivity index (χ1v) is 4.58. The molecule has 0 amide bonds. The topological polar surface area (TPSA) is 3.24 Å². The molecule has 1 saturated carbocycles. The molecule has 2 aliphatic rings. The Balaban J connectivity index is 1.70. The SMILES string of the molecule is CC1CC1CN1CCCC1. The Morgan fingerprint density at radius 2 is 1.90 bits per heavy atom.